The van der Waals surface area contributed by atoms with E-state index in [0.717, 1.165) is 12.1 Å². The molecule has 0 aliphatic rings. The van der Waals surface area contributed by atoms with Crippen LogP contribution < -0.4 is 15.8 Å². The zero-order valence-electron chi connectivity index (χ0n) is 17.3. The second-order valence-electron chi connectivity index (χ2n) is 7.18. The van der Waals surface area contributed by atoms with Gasteiger partial charge in [-0.25, -0.2) is 0 Å². The number of ether oxygens (including phenoxy) is 1. The number of amides is 1. The molecule has 168 valence electrons. The molecule has 1 amide bonds. The molecule has 9 heteroatoms. The minimum absolute atomic E-state index is 0.00938. The number of nitrogens with zero attached hydrogens (tertiary/aromatic N) is 1. The number of alkyl halides is 3. The second kappa shape index (κ2) is 8.34. The maximum absolute atomic E-state index is 13.2. The maximum Gasteiger partial charge on any atom is 0.416 e. The van der Waals surface area contributed by atoms with E-state index in [2.05, 4.69) is 5.32 Å². The number of nitrogen functional groups attached to an aromatic ring is 1. The van der Waals surface area contributed by atoms with Crippen molar-refractivity contribution in [2.45, 2.75) is 6.18 Å². The molecule has 33 heavy (non-hydrogen) atoms. The maximum atomic E-state index is 13.2. The van der Waals surface area contributed by atoms with E-state index in [1.807, 2.05) is 0 Å². The summed E-state index contributed by atoms with van der Waals surface area (Å²) < 4.78 is 45.4. The molecular formula is C24H18F3N3O3. The Balaban J connectivity index is 1.75. The van der Waals surface area contributed by atoms with Gasteiger partial charge >= 0.3 is 6.18 Å². The Labute approximate surface area is 186 Å². The number of carbonyl (C=O) groups excluding carboxylic acids is 2. The van der Waals surface area contributed by atoms with Crippen LogP contribution in [-0.4, -0.2) is 23.5 Å². The molecule has 0 fully saturated rings. The van der Waals surface area contributed by atoms with E-state index >= 15 is 0 Å². The summed E-state index contributed by atoms with van der Waals surface area (Å²) in [7, 11) is 1.50. The van der Waals surface area contributed by atoms with Crippen molar-refractivity contribution >= 4 is 34.2 Å². The number of hydrogen-bond acceptors (Lipinski definition) is 4. The molecule has 4 rings (SSSR count). The van der Waals surface area contributed by atoms with Crippen LogP contribution in [0.15, 0.2) is 72.8 Å². The van der Waals surface area contributed by atoms with Crippen LogP contribution in [0.3, 0.4) is 0 Å². The Bertz CT molecular complexity index is 1360. The van der Waals surface area contributed by atoms with Gasteiger partial charge in [0.2, 0.25) is 0 Å². The topological polar surface area (TPSA) is 86.3 Å². The van der Waals surface area contributed by atoms with Gasteiger partial charge in [-0.05, 0) is 48.5 Å². The van der Waals surface area contributed by atoms with Crippen molar-refractivity contribution in [3.63, 3.8) is 0 Å². The van der Waals surface area contributed by atoms with E-state index < -0.39 is 23.6 Å². The summed E-state index contributed by atoms with van der Waals surface area (Å²) in [5.41, 5.74) is 5.99. The number of carbonyl (C=O) groups is 2. The Morgan fingerprint density at radius 3 is 2.33 bits per heavy atom. The van der Waals surface area contributed by atoms with Crippen LogP contribution in [0.1, 0.15) is 26.3 Å². The first kappa shape index (κ1) is 21.9. The Morgan fingerprint density at radius 2 is 1.67 bits per heavy atom. The molecule has 0 radical (unpaired) electrons. The highest BCUT2D eigenvalue weighted by Gasteiger charge is 2.31. The molecule has 4 aromatic rings. The number of rotatable bonds is 4. The number of anilines is 2. The third-order valence-corrected chi connectivity index (χ3v) is 5.13. The summed E-state index contributed by atoms with van der Waals surface area (Å²) in [5, 5.41) is 2.84. The van der Waals surface area contributed by atoms with Gasteiger partial charge in [-0.2, -0.15) is 13.2 Å². The summed E-state index contributed by atoms with van der Waals surface area (Å²) >= 11 is 0. The first-order valence-electron chi connectivity index (χ1n) is 9.77. The van der Waals surface area contributed by atoms with Gasteiger partial charge < -0.3 is 15.8 Å². The molecule has 0 bridgehead atoms. The minimum atomic E-state index is -4.55. The Hall–Kier alpha value is -4.27. The van der Waals surface area contributed by atoms with E-state index in [0.29, 0.717) is 22.2 Å². The number of methoxy groups -OCH3 is 1. The summed E-state index contributed by atoms with van der Waals surface area (Å²) in [4.78, 5) is 26.3. The Kier molecular flexibility index (Phi) is 5.55. The van der Waals surface area contributed by atoms with Crippen LogP contribution >= 0.6 is 0 Å². The van der Waals surface area contributed by atoms with Crippen molar-refractivity contribution in [3.05, 3.63) is 89.5 Å². The number of benzene rings is 3. The summed E-state index contributed by atoms with van der Waals surface area (Å²) in [6.45, 7) is 0. The van der Waals surface area contributed by atoms with Gasteiger partial charge in [0.05, 0.1) is 23.8 Å². The zero-order chi connectivity index (χ0) is 23.8. The molecule has 6 nitrogen and oxygen atoms in total. The summed E-state index contributed by atoms with van der Waals surface area (Å²) in [6.07, 6.45) is -4.55. The fourth-order valence-electron chi connectivity index (χ4n) is 3.55. The number of hydrogen-bond donors (Lipinski definition) is 2. The minimum Gasteiger partial charge on any atom is -0.497 e. The first-order valence-corrected chi connectivity index (χ1v) is 9.77. The van der Waals surface area contributed by atoms with E-state index in [1.165, 1.54) is 23.8 Å². The van der Waals surface area contributed by atoms with Gasteiger partial charge in [0.25, 0.3) is 11.8 Å². The smallest absolute Gasteiger partial charge is 0.416 e. The van der Waals surface area contributed by atoms with Gasteiger partial charge in [-0.15, -0.1) is 0 Å². The second-order valence-corrected chi connectivity index (χ2v) is 7.18. The number of aromatic nitrogens is 1. The highest BCUT2D eigenvalue weighted by molar-refractivity contribution is 6.20. The molecule has 1 aromatic heterocycles. The van der Waals surface area contributed by atoms with Crippen molar-refractivity contribution in [3.8, 4) is 5.75 Å². The van der Waals surface area contributed by atoms with Gasteiger partial charge in [0, 0.05) is 16.6 Å². The quantitative estimate of drug-likeness (QED) is 0.445. The number of fused-ring (bicyclic) bond motifs is 1. The third-order valence-electron chi connectivity index (χ3n) is 5.13. The fraction of sp³-hybridized carbons (Fsp3) is 0.0833. The fourth-order valence-corrected chi connectivity index (χ4v) is 3.55. The third kappa shape index (κ3) is 4.12. The largest absolute Gasteiger partial charge is 0.497 e. The van der Waals surface area contributed by atoms with Crippen molar-refractivity contribution in [1.82, 2.24) is 4.57 Å². The number of nitrogens with one attached hydrogen (secondary N) is 1. The van der Waals surface area contributed by atoms with Crippen LogP contribution in [0, 0.1) is 0 Å². The van der Waals surface area contributed by atoms with Crippen LogP contribution in [0.2, 0.25) is 0 Å². The van der Waals surface area contributed by atoms with Crippen LogP contribution in [0.25, 0.3) is 10.9 Å². The molecule has 0 saturated carbocycles. The standard InChI is InChI=1S/C24H18F3N3O3/c1-33-17-11-9-14(10-12-17)23(32)30-19-8-3-2-7-18(19)20(21(30)28)22(31)29-16-6-4-5-15(13-16)24(25,26)27/h2-13H,28H2,1H3,(H,29,31). The molecule has 0 aliphatic carbocycles. The predicted octanol–water partition coefficient (Wildman–Crippen LogP) is 5.19. The average molecular weight is 453 g/mol. The SMILES string of the molecule is COc1ccc(C(=O)n2c(N)c(C(=O)Nc3cccc(C(F)(F)F)c3)c3ccccc32)cc1. The molecular weight excluding hydrogens is 435 g/mol. The lowest BCUT2D eigenvalue weighted by atomic mass is 10.1. The lowest BCUT2D eigenvalue weighted by molar-refractivity contribution is -0.137. The molecule has 0 spiro atoms. The summed E-state index contributed by atoms with van der Waals surface area (Å²) in [6, 6.07) is 17.3. The number of halogens is 3. The van der Waals surface area contributed by atoms with Crippen molar-refractivity contribution in [2.75, 3.05) is 18.2 Å². The van der Waals surface area contributed by atoms with Crippen LogP contribution in [0.4, 0.5) is 24.7 Å². The molecule has 0 atom stereocenters. The molecule has 0 aliphatic heterocycles. The molecule has 1 heterocycles. The van der Waals surface area contributed by atoms with Crippen LogP contribution in [-0.2, 0) is 6.18 Å². The lowest BCUT2D eigenvalue weighted by Crippen LogP contribution is -2.18. The van der Waals surface area contributed by atoms with E-state index in [1.54, 1.807) is 48.5 Å². The van der Waals surface area contributed by atoms with Crippen molar-refractivity contribution in [1.29, 1.82) is 0 Å². The van der Waals surface area contributed by atoms with Crippen molar-refractivity contribution < 1.29 is 27.5 Å². The monoisotopic (exact) mass is 453 g/mol. The number of para-hydroxylation sites is 1. The predicted molar refractivity (Wildman–Crippen MR) is 118 cm³/mol. The number of nitrogens with two attached hydrogens (primary N) is 1. The van der Waals surface area contributed by atoms with E-state index in [9.17, 15) is 22.8 Å². The lowest BCUT2D eigenvalue weighted by Gasteiger charge is -2.10. The molecule has 3 N–H and O–H groups in total. The van der Waals surface area contributed by atoms with Gasteiger partial charge in [-0.3, -0.25) is 14.2 Å². The molecule has 3 aromatic carbocycles. The van der Waals surface area contributed by atoms with Gasteiger partial charge in [0.15, 0.2) is 0 Å². The first-order chi connectivity index (χ1) is 15.7. The summed E-state index contributed by atoms with van der Waals surface area (Å²) in [5.74, 6) is -0.756. The van der Waals surface area contributed by atoms with E-state index in [4.69, 9.17) is 10.5 Å². The van der Waals surface area contributed by atoms with Gasteiger partial charge in [0.1, 0.15) is 11.6 Å². The van der Waals surface area contributed by atoms with Crippen molar-refractivity contribution in [2.24, 2.45) is 0 Å². The van der Waals surface area contributed by atoms with Gasteiger partial charge in [-0.1, -0.05) is 24.3 Å². The highest BCUT2D eigenvalue weighted by atomic mass is 19.4. The highest BCUT2D eigenvalue weighted by Crippen LogP contribution is 2.33. The average Bonchev–Trinajstić information content (AvgIpc) is 3.10. The molecule has 0 saturated heterocycles. The normalized spacial score (nSPS) is 11.4. The van der Waals surface area contributed by atoms with E-state index in [-0.39, 0.29) is 17.1 Å². The Morgan fingerprint density at radius 1 is 0.970 bits per heavy atom. The zero-order valence-corrected chi connectivity index (χ0v) is 17.3. The molecule has 0 unspecified atom stereocenters. The van der Waals surface area contributed by atoms with Crippen LogP contribution in [0.5, 0.6) is 5.75 Å².